The molecule has 4 nitrogen and oxygen atoms in total. The summed E-state index contributed by atoms with van der Waals surface area (Å²) in [6, 6.07) is 5.96. The molecule has 1 fully saturated rings. The maximum absolute atomic E-state index is 13.3. The van der Waals surface area contributed by atoms with E-state index < -0.39 is 26.5 Å². The van der Waals surface area contributed by atoms with Crippen LogP contribution in [-0.2, 0) is 14.6 Å². The maximum Gasteiger partial charge on any atom is 0.155 e. The van der Waals surface area contributed by atoms with Crippen molar-refractivity contribution in [2.45, 2.75) is 30.6 Å². The van der Waals surface area contributed by atoms with Gasteiger partial charge in [-0.15, -0.1) is 0 Å². The van der Waals surface area contributed by atoms with E-state index in [-0.39, 0.29) is 18.2 Å². The Balaban J connectivity index is 2.35. The molecule has 1 aromatic carbocycles. The fraction of sp³-hybridized carbons (Fsp3) is 0.571. The van der Waals surface area contributed by atoms with Gasteiger partial charge in [0.1, 0.15) is 5.82 Å². The number of halogens is 1. The lowest BCUT2D eigenvalue weighted by atomic mass is 10.1. The van der Waals surface area contributed by atoms with Gasteiger partial charge in [-0.05, 0) is 24.6 Å². The van der Waals surface area contributed by atoms with Gasteiger partial charge in [-0.1, -0.05) is 19.1 Å². The molecule has 1 aromatic rings. The van der Waals surface area contributed by atoms with Crippen LogP contribution in [0.4, 0.5) is 4.39 Å². The Morgan fingerprint density at radius 1 is 1.40 bits per heavy atom. The monoisotopic (exact) mass is 301 g/mol. The van der Waals surface area contributed by atoms with E-state index in [0.29, 0.717) is 12.2 Å². The van der Waals surface area contributed by atoms with Crippen LogP contribution in [0.1, 0.15) is 25.3 Å². The molecule has 2 N–H and O–H groups in total. The van der Waals surface area contributed by atoms with Gasteiger partial charge in [-0.3, -0.25) is 0 Å². The Morgan fingerprint density at radius 2 is 2.10 bits per heavy atom. The summed E-state index contributed by atoms with van der Waals surface area (Å²) in [4.78, 5) is 0. The zero-order valence-corrected chi connectivity index (χ0v) is 12.5. The molecule has 0 amide bonds. The van der Waals surface area contributed by atoms with Crippen molar-refractivity contribution in [2.75, 3.05) is 19.0 Å². The lowest BCUT2D eigenvalue weighted by Gasteiger charge is -2.12. The summed E-state index contributed by atoms with van der Waals surface area (Å²) in [5.74, 6) is -0.773. The number of hydrogen-bond donors (Lipinski definition) is 1. The fourth-order valence-corrected chi connectivity index (χ4v) is 4.77. The second-order valence-corrected chi connectivity index (χ2v) is 7.57. The molecule has 1 aliphatic carbocycles. The van der Waals surface area contributed by atoms with Gasteiger partial charge in [0, 0.05) is 18.3 Å². The predicted molar refractivity (Wildman–Crippen MR) is 75.8 cm³/mol. The van der Waals surface area contributed by atoms with Gasteiger partial charge in [-0.25, -0.2) is 12.8 Å². The molecule has 20 heavy (non-hydrogen) atoms. The SMILES string of the molecule is CCOC[C@@]1(N)[C@@H](c2cccc(F)c2)[C@@H]1S(=O)(=O)CC. The molecule has 0 unspecified atom stereocenters. The van der Waals surface area contributed by atoms with Crippen molar-refractivity contribution >= 4 is 9.84 Å². The van der Waals surface area contributed by atoms with Crippen LogP contribution < -0.4 is 5.73 Å². The molecule has 3 atom stereocenters. The lowest BCUT2D eigenvalue weighted by Crippen LogP contribution is -2.36. The summed E-state index contributed by atoms with van der Waals surface area (Å²) in [5, 5.41) is -0.701. The van der Waals surface area contributed by atoms with E-state index in [1.807, 2.05) is 6.92 Å². The van der Waals surface area contributed by atoms with Crippen LogP contribution in [0.3, 0.4) is 0 Å². The largest absolute Gasteiger partial charge is 0.380 e. The highest BCUT2D eigenvalue weighted by Gasteiger charge is 2.68. The zero-order chi connectivity index (χ0) is 15.0. The number of nitrogens with two attached hydrogens (primary N) is 1. The topological polar surface area (TPSA) is 69.4 Å². The normalized spacial score (nSPS) is 29.4. The standard InChI is InChI=1S/C14H20FNO3S/c1-3-19-9-14(16)12(13(14)20(17,18)4-2)10-6-5-7-11(15)8-10/h5-8,12-13H,3-4,9,16H2,1-2H3/t12-,13-,14+/m0/s1. The van der Waals surface area contributed by atoms with E-state index in [4.69, 9.17) is 10.5 Å². The zero-order valence-electron chi connectivity index (χ0n) is 11.7. The van der Waals surface area contributed by atoms with Gasteiger partial charge in [0.25, 0.3) is 0 Å². The minimum atomic E-state index is -3.30. The van der Waals surface area contributed by atoms with Gasteiger partial charge < -0.3 is 10.5 Å². The van der Waals surface area contributed by atoms with Crippen LogP contribution in [-0.4, -0.2) is 38.2 Å². The minimum Gasteiger partial charge on any atom is -0.380 e. The van der Waals surface area contributed by atoms with E-state index in [1.165, 1.54) is 12.1 Å². The first-order chi connectivity index (χ1) is 9.36. The summed E-state index contributed by atoms with van der Waals surface area (Å²) in [5.41, 5.74) is 5.90. The average Bonchev–Trinajstić information content (AvgIpc) is 3.04. The Morgan fingerprint density at radius 3 is 2.65 bits per heavy atom. The summed E-state index contributed by atoms with van der Waals surface area (Å²) < 4.78 is 43.0. The molecule has 0 aromatic heterocycles. The molecule has 1 saturated carbocycles. The maximum atomic E-state index is 13.3. The van der Waals surface area contributed by atoms with Crippen molar-refractivity contribution in [3.63, 3.8) is 0 Å². The fourth-order valence-electron chi connectivity index (χ4n) is 2.78. The third-order valence-corrected chi connectivity index (χ3v) is 6.15. The Hall–Kier alpha value is -0.980. The van der Waals surface area contributed by atoms with E-state index in [1.54, 1.807) is 19.1 Å². The second-order valence-electron chi connectivity index (χ2n) is 5.15. The summed E-state index contributed by atoms with van der Waals surface area (Å²) >= 11 is 0. The molecule has 0 heterocycles. The summed E-state index contributed by atoms with van der Waals surface area (Å²) in [6.07, 6.45) is 0. The van der Waals surface area contributed by atoms with Crippen molar-refractivity contribution in [1.82, 2.24) is 0 Å². The molecule has 0 spiro atoms. The molecule has 0 aliphatic heterocycles. The third kappa shape index (κ3) is 2.60. The highest BCUT2D eigenvalue weighted by molar-refractivity contribution is 7.92. The Bertz CT molecular complexity index is 590. The first-order valence-corrected chi connectivity index (χ1v) is 8.42. The molecular weight excluding hydrogens is 281 g/mol. The van der Waals surface area contributed by atoms with E-state index in [0.717, 1.165) is 0 Å². The minimum absolute atomic E-state index is 0.0224. The van der Waals surface area contributed by atoms with Crippen molar-refractivity contribution in [2.24, 2.45) is 5.73 Å². The highest BCUT2D eigenvalue weighted by atomic mass is 32.2. The molecule has 0 radical (unpaired) electrons. The number of sulfone groups is 1. The van der Waals surface area contributed by atoms with E-state index in [2.05, 4.69) is 0 Å². The van der Waals surface area contributed by atoms with Crippen LogP contribution in [0, 0.1) is 5.82 Å². The van der Waals surface area contributed by atoms with E-state index in [9.17, 15) is 12.8 Å². The van der Waals surface area contributed by atoms with Crippen LogP contribution in [0.5, 0.6) is 0 Å². The van der Waals surface area contributed by atoms with Gasteiger partial charge in [0.15, 0.2) is 9.84 Å². The van der Waals surface area contributed by atoms with Crippen LogP contribution in [0.2, 0.25) is 0 Å². The quantitative estimate of drug-likeness (QED) is 0.863. The van der Waals surface area contributed by atoms with Crippen LogP contribution >= 0.6 is 0 Å². The van der Waals surface area contributed by atoms with Gasteiger partial charge in [0.2, 0.25) is 0 Å². The molecule has 1 aliphatic rings. The predicted octanol–water partition coefficient (Wildman–Crippen LogP) is 1.46. The molecule has 0 bridgehead atoms. The van der Waals surface area contributed by atoms with Crippen molar-refractivity contribution in [3.8, 4) is 0 Å². The first kappa shape index (κ1) is 15.4. The smallest absolute Gasteiger partial charge is 0.155 e. The molecular formula is C14H20FNO3S. The number of ether oxygens (including phenoxy) is 1. The van der Waals surface area contributed by atoms with Crippen LogP contribution in [0.25, 0.3) is 0 Å². The molecule has 6 heteroatoms. The average molecular weight is 301 g/mol. The van der Waals surface area contributed by atoms with Crippen molar-refractivity contribution < 1.29 is 17.5 Å². The molecule has 112 valence electrons. The number of rotatable bonds is 6. The Kier molecular flexibility index (Phi) is 4.18. The number of benzene rings is 1. The first-order valence-electron chi connectivity index (χ1n) is 6.70. The molecule has 0 saturated heterocycles. The Labute approximate surface area is 119 Å². The lowest BCUT2D eigenvalue weighted by molar-refractivity contribution is 0.125. The van der Waals surface area contributed by atoms with Crippen molar-refractivity contribution in [1.29, 1.82) is 0 Å². The summed E-state index contributed by atoms with van der Waals surface area (Å²) in [6.45, 7) is 4.05. The highest BCUT2D eigenvalue weighted by Crippen LogP contribution is 2.54. The van der Waals surface area contributed by atoms with E-state index >= 15 is 0 Å². The third-order valence-electron chi connectivity index (χ3n) is 3.86. The van der Waals surface area contributed by atoms with Crippen LogP contribution in [0.15, 0.2) is 24.3 Å². The van der Waals surface area contributed by atoms with Gasteiger partial charge in [0.05, 0.1) is 17.4 Å². The van der Waals surface area contributed by atoms with Gasteiger partial charge >= 0.3 is 0 Å². The second kappa shape index (κ2) is 5.42. The van der Waals surface area contributed by atoms with Gasteiger partial charge in [-0.2, -0.15) is 0 Å². The number of hydrogen-bond acceptors (Lipinski definition) is 4. The van der Waals surface area contributed by atoms with Crippen molar-refractivity contribution in [3.05, 3.63) is 35.6 Å². The summed E-state index contributed by atoms with van der Waals surface area (Å²) in [7, 11) is -3.30. The molecule has 2 rings (SSSR count).